The molecule has 0 bridgehead atoms. The maximum absolute atomic E-state index is 12.2. The summed E-state index contributed by atoms with van der Waals surface area (Å²) in [6, 6.07) is 10.6. The molecule has 0 aliphatic rings. The van der Waals surface area contributed by atoms with E-state index in [1.807, 2.05) is 44.1 Å². The highest BCUT2D eigenvalue weighted by molar-refractivity contribution is 6.33. The topological polar surface area (TPSA) is 58.4 Å². The number of nitrogens with two attached hydrogens (primary N) is 1. The van der Waals surface area contributed by atoms with Gasteiger partial charge in [0.2, 0.25) is 0 Å². The van der Waals surface area contributed by atoms with Crippen LogP contribution >= 0.6 is 11.6 Å². The van der Waals surface area contributed by atoms with Gasteiger partial charge in [0.1, 0.15) is 0 Å². The zero-order valence-electron chi connectivity index (χ0n) is 12.3. The number of halogens is 1. The molecule has 2 rings (SSSR count). The number of hydrogen-bond acceptors (Lipinski definition) is 3. The van der Waals surface area contributed by atoms with Gasteiger partial charge >= 0.3 is 0 Å². The Labute approximate surface area is 129 Å². The molecule has 0 aliphatic heterocycles. The summed E-state index contributed by atoms with van der Waals surface area (Å²) in [6.45, 7) is 2.03. The number of rotatable bonds is 3. The first-order valence-electron chi connectivity index (χ1n) is 6.53. The lowest BCUT2D eigenvalue weighted by atomic mass is 10.1. The fraction of sp³-hybridized carbons (Fsp3) is 0.188. The van der Waals surface area contributed by atoms with Gasteiger partial charge in [-0.25, -0.2) is 0 Å². The van der Waals surface area contributed by atoms with E-state index in [-0.39, 0.29) is 5.91 Å². The summed E-state index contributed by atoms with van der Waals surface area (Å²) in [6.07, 6.45) is 0. The van der Waals surface area contributed by atoms with Gasteiger partial charge in [0.25, 0.3) is 5.91 Å². The fourth-order valence-electron chi connectivity index (χ4n) is 2.04. The summed E-state index contributed by atoms with van der Waals surface area (Å²) in [5.74, 6) is -0.217. The number of carbonyl (C=O) groups excluding carboxylic acids is 1. The normalized spacial score (nSPS) is 10.3. The number of aryl methyl sites for hydroxylation is 1. The number of hydrogen-bond donors (Lipinski definition) is 2. The Morgan fingerprint density at radius 1 is 1.19 bits per heavy atom. The molecule has 0 fully saturated rings. The molecule has 0 atom stereocenters. The van der Waals surface area contributed by atoms with Crippen molar-refractivity contribution in [2.24, 2.45) is 0 Å². The predicted molar refractivity (Wildman–Crippen MR) is 89.3 cm³/mol. The van der Waals surface area contributed by atoms with Crippen molar-refractivity contribution in [1.82, 2.24) is 0 Å². The molecule has 2 aromatic rings. The van der Waals surface area contributed by atoms with Crippen LogP contribution in [0.3, 0.4) is 0 Å². The average molecular weight is 304 g/mol. The van der Waals surface area contributed by atoms with Gasteiger partial charge in [-0.15, -0.1) is 0 Å². The van der Waals surface area contributed by atoms with Crippen molar-refractivity contribution in [1.29, 1.82) is 0 Å². The maximum atomic E-state index is 12.2. The van der Waals surface area contributed by atoms with Gasteiger partial charge in [-0.1, -0.05) is 17.7 Å². The Hall–Kier alpha value is -2.20. The average Bonchev–Trinajstić information content (AvgIpc) is 2.43. The molecule has 0 spiro atoms. The SMILES string of the molecule is Cc1ccc(NC(=O)c2ccc(N)c(Cl)c2)cc1N(C)C. The molecule has 21 heavy (non-hydrogen) atoms. The van der Waals surface area contributed by atoms with Gasteiger partial charge in [0.15, 0.2) is 0 Å². The Balaban J connectivity index is 2.23. The Morgan fingerprint density at radius 3 is 2.52 bits per heavy atom. The zero-order valence-corrected chi connectivity index (χ0v) is 13.0. The van der Waals surface area contributed by atoms with Crippen LogP contribution in [-0.2, 0) is 0 Å². The van der Waals surface area contributed by atoms with Crippen molar-refractivity contribution in [3.63, 3.8) is 0 Å². The van der Waals surface area contributed by atoms with Gasteiger partial charge in [-0.3, -0.25) is 4.79 Å². The predicted octanol–water partition coefficient (Wildman–Crippen LogP) is 3.55. The van der Waals surface area contributed by atoms with Crippen LogP contribution in [0.4, 0.5) is 17.1 Å². The van der Waals surface area contributed by atoms with E-state index in [1.165, 1.54) is 0 Å². The molecule has 2 aromatic carbocycles. The van der Waals surface area contributed by atoms with Crippen LogP contribution in [0, 0.1) is 6.92 Å². The third kappa shape index (κ3) is 3.47. The standard InChI is InChI=1S/C16H18ClN3O/c1-10-4-6-12(9-15(10)20(2)3)19-16(21)11-5-7-14(18)13(17)8-11/h4-9H,18H2,1-3H3,(H,19,21). The second-order valence-electron chi connectivity index (χ2n) is 5.09. The summed E-state index contributed by atoms with van der Waals surface area (Å²) in [5.41, 5.74) is 9.52. The summed E-state index contributed by atoms with van der Waals surface area (Å²) >= 11 is 5.94. The molecule has 0 aromatic heterocycles. The summed E-state index contributed by atoms with van der Waals surface area (Å²) in [4.78, 5) is 14.2. The molecule has 0 saturated carbocycles. The first-order valence-corrected chi connectivity index (χ1v) is 6.90. The Kier molecular flexibility index (Phi) is 4.38. The van der Waals surface area contributed by atoms with Crippen molar-refractivity contribution in [3.05, 3.63) is 52.5 Å². The molecule has 1 amide bonds. The number of anilines is 3. The van der Waals surface area contributed by atoms with E-state index in [2.05, 4.69) is 5.32 Å². The molecule has 0 aliphatic carbocycles. The monoisotopic (exact) mass is 303 g/mol. The lowest BCUT2D eigenvalue weighted by Gasteiger charge is -2.17. The van der Waals surface area contributed by atoms with Gasteiger partial charge < -0.3 is 16.0 Å². The van der Waals surface area contributed by atoms with E-state index >= 15 is 0 Å². The molecule has 5 heteroatoms. The first kappa shape index (κ1) is 15.2. The van der Waals surface area contributed by atoms with Crippen LogP contribution < -0.4 is 16.0 Å². The van der Waals surface area contributed by atoms with Gasteiger partial charge in [0.05, 0.1) is 10.7 Å². The highest BCUT2D eigenvalue weighted by Crippen LogP contribution is 2.24. The Bertz CT molecular complexity index is 683. The van der Waals surface area contributed by atoms with E-state index in [4.69, 9.17) is 17.3 Å². The largest absolute Gasteiger partial charge is 0.398 e. The molecule has 4 nitrogen and oxygen atoms in total. The maximum Gasteiger partial charge on any atom is 0.255 e. The second-order valence-corrected chi connectivity index (χ2v) is 5.49. The van der Waals surface area contributed by atoms with Crippen LogP contribution in [0.5, 0.6) is 0 Å². The highest BCUT2D eigenvalue weighted by Gasteiger charge is 2.09. The van der Waals surface area contributed by atoms with Crippen LogP contribution in [0.15, 0.2) is 36.4 Å². The Morgan fingerprint density at radius 2 is 1.90 bits per heavy atom. The molecule has 0 radical (unpaired) electrons. The van der Waals surface area contributed by atoms with E-state index in [1.54, 1.807) is 18.2 Å². The van der Waals surface area contributed by atoms with Crippen molar-refractivity contribution >= 4 is 34.6 Å². The number of nitrogen functional groups attached to an aromatic ring is 1. The highest BCUT2D eigenvalue weighted by atomic mass is 35.5. The summed E-state index contributed by atoms with van der Waals surface area (Å²) in [7, 11) is 3.93. The quantitative estimate of drug-likeness (QED) is 0.853. The third-order valence-corrected chi connectivity index (χ3v) is 3.54. The molecule has 110 valence electrons. The first-order chi connectivity index (χ1) is 9.88. The van der Waals surface area contributed by atoms with Crippen molar-refractivity contribution in [2.45, 2.75) is 6.92 Å². The van der Waals surface area contributed by atoms with Crippen LogP contribution in [0.1, 0.15) is 15.9 Å². The molecule has 3 N–H and O–H groups in total. The van der Waals surface area contributed by atoms with E-state index < -0.39 is 0 Å². The molecule has 0 heterocycles. The summed E-state index contributed by atoms with van der Waals surface area (Å²) < 4.78 is 0. The van der Waals surface area contributed by atoms with Gasteiger partial charge in [-0.05, 0) is 42.8 Å². The minimum Gasteiger partial charge on any atom is -0.398 e. The van der Waals surface area contributed by atoms with E-state index in [0.29, 0.717) is 16.3 Å². The lowest BCUT2D eigenvalue weighted by Crippen LogP contribution is -2.14. The minimum atomic E-state index is -0.217. The van der Waals surface area contributed by atoms with Crippen molar-refractivity contribution in [2.75, 3.05) is 30.0 Å². The number of benzene rings is 2. The summed E-state index contributed by atoms with van der Waals surface area (Å²) in [5, 5.41) is 3.24. The van der Waals surface area contributed by atoms with Crippen LogP contribution in [0.25, 0.3) is 0 Å². The van der Waals surface area contributed by atoms with Gasteiger partial charge in [-0.2, -0.15) is 0 Å². The van der Waals surface area contributed by atoms with Crippen molar-refractivity contribution in [3.8, 4) is 0 Å². The van der Waals surface area contributed by atoms with E-state index in [0.717, 1.165) is 16.9 Å². The molecule has 0 unspecified atom stereocenters. The van der Waals surface area contributed by atoms with Gasteiger partial charge in [0, 0.05) is 31.0 Å². The lowest BCUT2D eigenvalue weighted by molar-refractivity contribution is 0.102. The zero-order chi connectivity index (χ0) is 15.6. The number of nitrogens with zero attached hydrogens (tertiary/aromatic N) is 1. The fourth-order valence-corrected chi connectivity index (χ4v) is 2.22. The number of nitrogens with one attached hydrogen (secondary N) is 1. The van der Waals surface area contributed by atoms with Crippen LogP contribution in [0.2, 0.25) is 5.02 Å². The van der Waals surface area contributed by atoms with Crippen molar-refractivity contribution < 1.29 is 4.79 Å². The van der Waals surface area contributed by atoms with E-state index in [9.17, 15) is 4.79 Å². The minimum absolute atomic E-state index is 0.217. The van der Waals surface area contributed by atoms with Crippen LogP contribution in [-0.4, -0.2) is 20.0 Å². The third-order valence-electron chi connectivity index (χ3n) is 3.21. The molecule has 0 saturated heterocycles. The smallest absolute Gasteiger partial charge is 0.255 e. The number of amides is 1. The molecular formula is C16H18ClN3O. The second kappa shape index (κ2) is 6.06. The number of carbonyl (C=O) groups is 1. The molecular weight excluding hydrogens is 286 g/mol.